The summed E-state index contributed by atoms with van der Waals surface area (Å²) in [6.45, 7) is 1.87. The average Bonchev–Trinajstić information content (AvgIpc) is 3.30. The average molecular weight is 480 g/mol. The molecule has 35 heavy (non-hydrogen) atoms. The van der Waals surface area contributed by atoms with Gasteiger partial charge < -0.3 is 19.1 Å². The summed E-state index contributed by atoms with van der Waals surface area (Å²) in [5.41, 5.74) is 1.44. The Morgan fingerprint density at radius 1 is 0.914 bits per heavy atom. The zero-order chi connectivity index (χ0) is 25.3. The highest BCUT2D eigenvalue weighted by atomic mass is 16.5. The molecular weight excluding hydrogens is 450 g/mol. The number of rotatable bonds is 7. The first-order chi connectivity index (χ1) is 16.8. The van der Waals surface area contributed by atoms with Gasteiger partial charge in [-0.2, -0.15) is 0 Å². The normalized spacial score (nSPS) is 22.4. The molecule has 0 radical (unpaired) electrons. The predicted octanol–water partition coefficient (Wildman–Crippen LogP) is 2.46. The summed E-state index contributed by atoms with van der Waals surface area (Å²) in [7, 11) is 6.70. The molecule has 2 saturated heterocycles. The molecule has 9 nitrogen and oxygen atoms in total. The van der Waals surface area contributed by atoms with Gasteiger partial charge in [0.1, 0.15) is 23.6 Å². The lowest BCUT2D eigenvalue weighted by Crippen LogP contribution is -2.45. The van der Waals surface area contributed by atoms with E-state index in [0.717, 1.165) is 0 Å². The van der Waals surface area contributed by atoms with Crippen molar-refractivity contribution in [3.63, 3.8) is 0 Å². The Bertz CT molecular complexity index is 1140. The molecule has 2 aromatic rings. The van der Waals surface area contributed by atoms with Crippen LogP contribution in [0, 0.1) is 5.92 Å². The van der Waals surface area contributed by atoms with Crippen LogP contribution in [-0.2, 0) is 19.1 Å². The quantitative estimate of drug-likeness (QED) is 0.445. The van der Waals surface area contributed by atoms with Gasteiger partial charge in [0.2, 0.25) is 0 Å². The highest BCUT2D eigenvalue weighted by Gasteiger charge is 2.62. The molecule has 2 aliphatic heterocycles. The first-order valence-electron chi connectivity index (χ1n) is 11.3. The van der Waals surface area contributed by atoms with E-state index in [1.807, 2.05) is 0 Å². The number of hydrogen-bond donors (Lipinski definition) is 0. The van der Waals surface area contributed by atoms with E-state index in [9.17, 15) is 14.4 Å². The van der Waals surface area contributed by atoms with E-state index in [1.165, 1.54) is 9.80 Å². The molecule has 4 rings (SSSR count). The fourth-order valence-electron chi connectivity index (χ4n) is 4.74. The molecule has 2 aliphatic rings. The molecule has 2 aromatic carbocycles. The zero-order valence-corrected chi connectivity index (χ0v) is 20.4. The van der Waals surface area contributed by atoms with Crippen LogP contribution in [0.15, 0.2) is 60.3 Å². The summed E-state index contributed by atoms with van der Waals surface area (Å²) in [6, 6.07) is 11.9. The first-order valence-corrected chi connectivity index (χ1v) is 11.3. The van der Waals surface area contributed by atoms with Gasteiger partial charge in [0, 0.05) is 37.2 Å². The molecule has 0 unspecified atom stereocenters. The molecule has 0 aromatic heterocycles. The molecule has 3 atom stereocenters. The van der Waals surface area contributed by atoms with Crippen LogP contribution in [0.4, 0.5) is 11.4 Å². The van der Waals surface area contributed by atoms with Gasteiger partial charge in [-0.3, -0.25) is 19.4 Å². The fraction of sp³-hybridized carbons (Fsp3) is 0.346. The van der Waals surface area contributed by atoms with E-state index < -0.39 is 24.0 Å². The number of fused-ring (bicyclic) bond motifs is 1. The van der Waals surface area contributed by atoms with Gasteiger partial charge in [-0.05, 0) is 55.5 Å². The minimum absolute atomic E-state index is 0.153. The second kappa shape index (κ2) is 9.69. The van der Waals surface area contributed by atoms with Crippen molar-refractivity contribution in [3.8, 4) is 11.5 Å². The minimum atomic E-state index is -1.00. The molecule has 0 spiro atoms. The number of nitrogens with zero attached hydrogens (tertiary/aromatic N) is 3. The Morgan fingerprint density at radius 3 is 1.89 bits per heavy atom. The smallest absolute Gasteiger partial charge is 0.329 e. The van der Waals surface area contributed by atoms with Gasteiger partial charge in [0.25, 0.3) is 11.8 Å². The number of hydrogen-bond acceptors (Lipinski definition) is 7. The Kier molecular flexibility index (Phi) is 6.68. The molecule has 9 heteroatoms. The molecular formula is C26H29N3O6. The number of benzene rings is 2. The second-order valence-electron chi connectivity index (χ2n) is 8.50. The van der Waals surface area contributed by atoms with Crippen molar-refractivity contribution < 1.29 is 28.6 Å². The molecule has 2 heterocycles. The third-order valence-electron chi connectivity index (χ3n) is 6.18. The van der Waals surface area contributed by atoms with Crippen LogP contribution < -0.4 is 19.3 Å². The maximum absolute atomic E-state index is 14.0. The van der Waals surface area contributed by atoms with E-state index in [4.69, 9.17) is 14.2 Å². The number of anilines is 2. The summed E-state index contributed by atoms with van der Waals surface area (Å²) >= 11 is 0. The van der Waals surface area contributed by atoms with Crippen molar-refractivity contribution in [2.75, 3.05) is 44.7 Å². The van der Waals surface area contributed by atoms with Crippen LogP contribution in [0.25, 0.3) is 0 Å². The van der Waals surface area contributed by atoms with Crippen LogP contribution in [0.2, 0.25) is 0 Å². The number of amides is 2. The highest BCUT2D eigenvalue weighted by Crippen LogP contribution is 2.46. The van der Waals surface area contributed by atoms with Crippen molar-refractivity contribution >= 4 is 29.2 Å². The Morgan fingerprint density at radius 2 is 1.43 bits per heavy atom. The van der Waals surface area contributed by atoms with Crippen molar-refractivity contribution in [3.05, 3.63) is 60.3 Å². The first kappa shape index (κ1) is 24.1. The maximum Gasteiger partial charge on any atom is 0.329 e. The molecule has 0 bridgehead atoms. The van der Waals surface area contributed by atoms with Crippen LogP contribution in [0.5, 0.6) is 11.5 Å². The largest absolute Gasteiger partial charge is 0.497 e. The Hall–Kier alpha value is -4.01. The maximum atomic E-state index is 14.0. The van der Waals surface area contributed by atoms with Crippen LogP contribution in [0.1, 0.15) is 6.92 Å². The minimum Gasteiger partial charge on any atom is -0.497 e. The van der Waals surface area contributed by atoms with E-state index in [1.54, 1.807) is 94.9 Å². The molecule has 0 N–H and O–H groups in total. The monoisotopic (exact) mass is 479 g/mol. The van der Waals surface area contributed by atoms with E-state index >= 15 is 0 Å². The van der Waals surface area contributed by atoms with Gasteiger partial charge >= 0.3 is 5.97 Å². The van der Waals surface area contributed by atoms with E-state index in [0.29, 0.717) is 28.4 Å². The van der Waals surface area contributed by atoms with Gasteiger partial charge in [-0.25, -0.2) is 4.79 Å². The fourth-order valence-corrected chi connectivity index (χ4v) is 4.74. The van der Waals surface area contributed by atoms with Gasteiger partial charge in [-0.1, -0.05) is 0 Å². The topological polar surface area (TPSA) is 88.6 Å². The van der Waals surface area contributed by atoms with Crippen molar-refractivity contribution in [1.29, 1.82) is 0 Å². The SMILES string of the molecule is CCOC(=O)[C@@H]1[C@@H]2/C(=C\N(C)C)C(=O)N(c3ccc(OC)cc3)[C@@H]2C(=O)N1c1ccc(OC)cc1. The predicted molar refractivity (Wildman–Crippen MR) is 130 cm³/mol. The van der Waals surface area contributed by atoms with E-state index in [-0.39, 0.29) is 18.4 Å². The number of esters is 1. The number of carbonyl (C=O) groups is 3. The summed E-state index contributed by atoms with van der Waals surface area (Å²) in [4.78, 5) is 45.6. The molecule has 184 valence electrons. The third kappa shape index (κ3) is 4.18. The Labute approximate surface area is 204 Å². The zero-order valence-electron chi connectivity index (χ0n) is 20.4. The Balaban J connectivity index is 1.87. The van der Waals surface area contributed by atoms with Crippen molar-refractivity contribution in [2.24, 2.45) is 5.92 Å². The van der Waals surface area contributed by atoms with Crippen LogP contribution >= 0.6 is 0 Å². The summed E-state index contributed by atoms with van der Waals surface area (Å²) in [5, 5.41) is 0. The van der Waals surface area contributed by atoms with Crippen molar-refractivity contribution in [1.82, 2.24) is 4.90 Å². The number of carbonyl (C=O) groups excluding carboxylic acids is 3. The number of ether oxygens (including phenoxy) is 3. The van der Waals surface area contributed by atoms with Gasteiger partial charge in [-0.15, -0.1) is 0 Å². The van der Waals surface area contributed by atoms with Crippen LogP contribution in [0.3, 0.4) is 0 Å². The molecule has 0 aliphatic carbocycles. The lowest BCUT2D eigenvalue weighted by molar-refractivity contribution is -0.145. The van der Waals surface area contributed by atoms with E-state index in [2.05, 4.69) is 0 Å². The van der Waals surface area contributed by atoms with Crippen molar-refractivity contribution in [2.45, 2.75) is 19.0 Å². The lowest BCUT2D eigenvalue weighted by atomic mass is 9.91. The summed E-state index contributed by atoms with van der Waals surface area (Å²) in [5.74, 6) is -0.709. The van der Waals surface area contributed by atoms with Gasteiger partial charge in [0.05, 0.1) is 26.7 Å². The summed E-state index contributed by atoms with van der Waals surface area (Å²) < 4.78 is 15.9. The molecule has 0 saturated carbocycles. The summed E-state index contributed by atoms with van der Waals surface area (Å²) in [6.07, 6.45) is 1.68. The second-order valence-corrected chi connectivity index (χ2v) is 8.50. The highest BCUT2D eigenvalue weighted by molar-refractivity contribution is 6.21. The molecule has 2 fully saturated rings. The lowest BCUT2D eigenvalue weighted by Gasteiger charge is -2.27. The standard InChI is InChI=1S/C26H29N3O6/c1-6-35-26(32)23-21-20(15-27(2)3)24(30)28(16-7-11-18(33-4)12-8-16)22(21)25(31)29(23)17-9-13-19(34-5)14-10-17/h7-15,21-23H,6H2,1-5H3/b20-15+/t21-,22+,23+/m1/s1. The third-order valence-corrected chi connectivity index (χ3v) is 6.18. The van der Waals surface area contributed by atoms with Gasteiger partial charge in [0.15, 0.2) is 0 Å². The molecule has 2 amide bonds. The van der Waals surface area contributed by atoms with Crippen LogP contribution in [-0.4, -0.2) is 69.7 Å². The number of methoxy groups -OCH3 is 2.